The first-order valence-electron chi connectivity index (χ1n) is 12.0. The van der Waals surface area contributed by atoms with Crippen LogP contribution in [0.1, 0.15) is 47.2 Å². The van der Waals surface area contributed by atoms with Crippen LogP contribution in [0.25, 0.3) is 11.4 Å². The smallest absolute Gasteiger partial charge is 0.416 e. The molecule has 0 bridgehead atoms. The van der Waals surface area contributed by atoms with Crippen molar-refractivity contribution in [2.75, 3.05) is 25.1 Å². The zero-order valence-corrected chi connectivity index (χ0v) is 20.0. The highest BCUT2D eigenvalue weighted by Gasteiger charge is 2.53. The van der Waals surface area contributed by atoms with Crippen LogP contribution in [0.2, 0.25) is 0 Å². The molecule has 1 saturated heterocycles. The summed E-state index contributed by atoms with van der Waals surface area (Å²) >= 11 is 0. The van der Waals surface area contributed by atoms with Gasteiger partial charge < -0.3 is 14.8 Å². The van der Waals surface area contributed by atoms with Crippen LogP contribution in [-0.2, 0) is 25.9 Å². The zero-order valence-electron chi connectivity index (χ0n) is 20.0. The Labute approximate surface area is 213 Å². The Morgan fingerprint density at radius 1 is 1.13 bits per heavy atom. The van der Waals surface area contributed by atoms with E-state index in [0.717, 1.165) is 25.0 Å². The molecule has 9 nitrogen and oxygen atoms in total. The summed E-state index contributed by atoms with van der Waals surface area (Å²) in [6, 6.07) is 6.59. The third kappa shape index (κ3) is 5.23. The number of alkyl halides is 3. The van der Waals surface area contributed by atoms with E-state index in [1.54, 1.807) is 0 Å². The van der Waals surface area contributed by atoms with E-state index >= 15 is 0 Å². The molecule has 38 heavy (non-hydrogen) atoms. The topological polar surface area (TPSA) is 119 Å². The van der Waals surface area contributed by atoms with Gasteiger partial charge in [0.2, 0.25) is 5.91 Å². The Hall–Kier alpha value is -3.87. The van der Waals surface area contributed by atoms with Gasteiger partial charge in [-0.25, -0.2) is 14.3 Å². The van der Waals surface area contributed by atoms with E-state index < -0.39 is 34.8 Å². The van der Waals surface area contributed by atoms with Gasteiger partial charge in [-0.05, 0) is 72.4 Å². The van der Waals surface area contributed by atoms with Gasteiger partial charge >= 0.3 is 12.1 Å². The minimum atomic E-state index is -4.70. The number of carbonyl (C=O) groups is 2. The van der Waals surface area contributed by atoms with Crippen LogP contribution < -0.4 is 5.32 Å². The molecule has 1 aliphatic heterocycles. The molecule has 2 fully saturated rings. The summed E-state index contributed by atoms with van der Waals surface area (Å²) in [6.45, 7) is 1.46. The molecule has 0 atom stereocenters. The lowest BCUT2D eigenvalue weighted by atomic mass is 9.93. The van der Waals surface area contributed by atoms with Crippen molar-refractivity contribution in [2.24, 2.45) is 5.92 Å². The number of halogens is 4. The minimum absolute atomic E-state index is 0.101. The van der Waals surface area contributed by atoms with Crippen molar-refractivity contribution >= 4 is 17.6 Å². The predicted octanol–water partition coefficient (Wildman–Crippen LogP) is 4.28. The number of aromatic amines is 1. The van der Waals surface area contributed by atoms with Gasteiger partial charge in [-0.1, -0.05) is 6.07 Å². The number of amides is 1. The molecule has 2 aliphatic rings. The maximum atomic E-state index is 14.6. The van der Waals surface area contributed by atoms with E-state index in [-0.39, 0.29) is 53.6 Å². The number of hydrogen-bond donors (Lipinski definition) is 2. The molecule has 13 heteroatoms. The molecule has 1 aromatic heterocycles. The Morgan fingerprint density at radius 2 is 1.89 bits per heavy atom. The number of rotatable bonds is 7. The second-order valence-corrected chi connectivity index (χ2v) is 9.39. The highest BCUT2D eigenvalue weighted by Crippen LogP contribution is 2.50. The van der Waals surface area contributed by atoms with E-state index in [9.17, 15) is 27.2 Å². The Bertz CT molecular complexity index is 1340. The first kappa shape index (κ1) is 25.8. The number of hydrogen-bond acceptors (Lipinski definition) is 7. The number of anilines is 1. The van der Waals surface area contributed by atoms with E-state index in [0.29, 0.717) is 19.3 Å². The Balaban J connectivity index is 1.35. The first-order chi connectivity index (χ1) is 18.2. The highest BCUT2D eigenvalue weighted by atomic mass is 19.4. The molecule has 3 aromatic rings. The van der Waals surface area contributed by atoms with Crippen LogP contribution >= 0.6 is 0 Å². The minimum Gasteiger partial charge on any atom is -0.462 e. The highest BCUT2D eigenvalue weighted by molar-refractivity contribution is 6.03. The lowest BCUT2D eigenvalue weighted by molar-refractivity contribution is -0.137. The Kier molecular flexibility index (Phi) is 6.86. The van der Waals surface area contributed by atoms with Gasteiger partial charge in [0.25, 0.3) is 0 Å². The lowest BCUT2D eigenvalue weighted by Crippen LogP contribution is -2.29. The molecular formula is C25H23F4N5O4. The van der Waals surface area contributed by atoms with Crippen LogP contribution in [0.4, 0.5) is 23.2 Å². The summed E-state index contributed by atoms with van der Waals surface area (Å²) in [7, 11) is 0. The van der Waals surface area contributed by atoms with Crippen LogP contribution in [0, 0.1) is 11.7 Å². The number of benzene rings is 2. The normalized spacial score (nSPS) is 17.2. The number of carbonyl (C=O) groups excluding carboxylic acids is 2. The fraction of sp³-hybridized carbons (Fsp3) is 0.400. The number of nitrogens with zero attached hydrogens (tertiary/aromatic N) is 3. The predicted molar refractivity (Wildman–Crippen MR) is 124 cm³/mol. The maximum Gasteiger partial charge on any atom is 0.416 e. The number of ether oxygens (including phenoxy) is 2. The van der Waals surface area contributed by atoms with Crippen molar-refractivity contribution in [1.82, 2.24) is 20.6 Å². The zero-order chi connectivity index (χ0) is 26.9. The second kappa shape index (κ2) is 10.1. The van der Waals surface area contributed by atoms with E-state index in [1.807, 2.05) is 0 Å². The molecule has 2 aromatic carbocycles. The third-order valence-electron chi connectivity index (χ3n) is 6.89. The van der Waals surface area contributed by atoms with Gasteiger partial charge in [0.15, 0.2) is 5.82 Å². The largest absolute Gasteiger partial charge is 0.462 e. The van der Waals surface area contributed by atoms with E-state index in [2.05, 4.69) is 25.9 Å². The maximum absolute atomic E-state index is 14.6. The standard InChI is InChI=1S/C25H23F4N5O4/c26-20-11-15(25(27,28)29)1-4-19(20)24(7-8-24)23(36)30-16-2-3-17(18(12-16)21-31-33-34-32-21)22(35)38-13-14-5-9-37-10-6-14/h1-4,11-12,14H,5-10,13H2,(H,30,36)(H,31,32,33,34). The van der Waals surface area contributed by atoms with Gasteiger partial charge in [0.05, 0.1) is 23.1 Å². The fourth-order valence-corrected chi connectivity index (χ4v) is 4.53. The van der Waals surface area contributed by atoms with Crippen molar-refractivity contribution in [3.8, 4) is 11.4 Å². The number of nitrogens with one attached hydrogen (secondary N) is 2. The number of aromatic nitrogens is 4. The number of esters is 1. The molecule has 1 aliphatic carbocycles. The number of tetrazole rings is 1. The van der Waals surface area contributed by atoms with Gasteiger partial charge in [-0.2, -0.15) is 13.2 Å². The average Bonchev–Trinajstić information content (AvgIpc) is 3.52. The van der Waals surface area contributed by atoms with Gasteiger partial charge in [0.1, 0.15) is 5.82 Å². The lowest BCUT2D eigenvalue weighted by Gasteiger charge is -2.21. The third-order valence-corrected chi connectivity index (χ3v) is 6.89. The molecule has 0 unspecified atom stereocenters. The quantitative estimate of drug-likeness (QED) is 0.344. The SMILES string of the molecule is O=C(OCC1CCOCC1)c1ccc(NC(=O)C2(c3ccc(C(F)(F)F)cc3F)CC2)cc1-c1nnn[nH]1. The van der Waals surface area contributed by atoms with Crippen molar-refractivity contribution in [3.63, 3.8) is 0 Å². The van der Waals surface area contributed by atoms with Crippen molar-refractivity contribution in [3.05, 3.63) is 58.9 Å². The number of H-pyrrole nitrogens is 1. The fourth-order valence-electron chi connectivity index (χ4n) is 4.53. The summed E-state index contributed by atoms with van der Waals surface area (Å²) in [6.07, 6.45) is -2.57. The molecular weight excluding hydrogens is 510 g/mol. The summed E-state index contributed by atoms with van der Waals surface area (Å²) in [5, 5.41) is 16.2. The van der Waals surface area contributed by atoms with Crippen LogP contribution in [0.15, 0.2) is 36.4 Å². The summed E-state index contributed by atoms with van der Waals surface area (Å²) in [5.74, 6) is -1.90. The molecule has 2 N–H and O–H groups in total. The molecule has 0 radical (unpaired) electrons. The van der Waals surface area contributed by atoms with Crippen LogP contribution in [0.5, 0.6) is 0 Å². The van der Waals surface area contributed by atoms with Gasteiger partial charge in [0, 0.05) is 30.0 Å². The molecule has 200 valence electrons. The van der Waals surface area contributed by atoms with E-state index in [1.165, 1.54) is 18.2 Å². The van der Waals surface area contributed by atoms with Crippen molar-refractivity contribution in [1.29, 1.82) is 0 Å². The van der Waals surface area contributed by atoms with Gasteiger partial charge in [-0.3, -0.25) is 4.79 Å². The average molecular weight is 533 g/mol. The Morgan fingerprint density at radius 3 is 2.53 bits per heavy atom. The second-order valence-electron chi connectivity index (χ2n) is 9.39. The van der Waals surface area contributed by atoms with Crippen LogP contribution in [-0.4, -0.2) is 52.3 Å². The molecule has 2 heterocycles. The summed E-state index contributed by atoms with van der Waals surface area (Å²) in [5.41, 5.74) is -1.81. The van der Waals surface area contributed by atoms with Gasteiger partial charge in [-0.15, -0.1) is 5.10 Å². The molecule has 1 saturated carbocycles. The molecule has 5 rings (SSSR count). The summed E-state index contributed by atoms with van der Waals surface area (Å²) in [4.78, 5) is 26.1. The van der Waals surface area contributed by atoms with Crippen molar-refractivity contribution in [2.45, 2.75) is 37.3 Å². The molecule has 0 spiro atoms. The monoisotopic (exact) mass is 533 g/mol. The first-order valence-corrected chi connectivity index (χ1v) is 12.0. The summed E-state index contributed by atoms with van der Waals surface area (Å²) < 4.78 is 64.3. The van der Waals surface area contributed by atoms with Crippen molar-refractivity contribution < 1.29 is 36.6 Å². The van der Waals surface area contributed by atoms with Crippen LogP contribution in [0.3, 0.4) is 0 Å². The molecule has 1 amide bonds. The van der Waals surface area contributed by atoms with E-state index in [4.69, 9.17) is 9.47 Å².